The van der Waals surface area contributed by atoms with Gasteiger partial charge in [0.05, 0.1) is 0 Å². The van der Waals surface area contributed by atoms with Crippen molar-refractivity contribution in [2.45, 2.75) is 13.8 Å². The van der Waals surface area contributed by atoms with E-state index in [4.69, 9.17) is 4.42 Å². The van der Waals surface area contributed by atoms with Gasteiger partial charge in [0.15, 0.2) is 0 Å². The predicted octanol–water partition coefficient (Wildman–Crippen LogP) is 1.34. The smallest absolute Gasteiger partial charge is 0.249 e. The van der Waals surface area contributed by atoms with E-state index in [1.165, 1.54) is 4.90 Å². The topological polar surface area (TPSA) is 53.8 Å². The fourth-order valence-electron chi connectivity index (χ4n) is 1.92. The van der Waals surface area contributed by atoms with Crippen LogP contribution in [0, 0.1) is 6.92 Å². The number of aryl methyl sites for hydroxylation is 1. The summed E-state index contributed by atoms with van der Waals surface area (Å²) in [4.78, 5) is 26.8. The third kappa shape index (κ3) is 2.30. The molecule has 0 aromatic carbocycles. The molecule has 2 heterocycles. The molecule has 0 atom stereocenters. The highest BCUT2D eigenvalue weighted by Gasteiger charge is 2.29. The molecule has 0 bridgehead atoms. The third-order valence-corrected chi connectivity index (χ3v) is 2.87. The van der Waals surface area contributed by atoms with Crippen LogP contribution in [0.3, 0.4) is 0 Å². The molecule has 0 unspecified atom stereocenters. The largest absolute Gasteiger partial charge is 0.445 e. The van der Waals surface area contributed by atoms with Gasteiger partial charge in [-0.1, -0.05) is 6.58 Å². The first-order valence-electron chi connectivity index (χ1n) is 5.80. The standard InChI is InChI=1S/C13H16N2O3/c1-9(2)13(17)14-6-7-15(11(16)8-14)12-5-4-10(3)18-12/h4-5H,1,6-8H2,2-3H3. The zero-order valence-electron chi connectivity index (χ0n) is 10.6. The quantitative estimate of drug-likeness (QED) is 0.742. The maximum atomic E-state index is 12.0. The van der Waals surface area contributed by atoms with E-state index in [-0.39, 0.29) is 18.4 Å². The van der Waals surface area contributed by atoms with E-state index >= 15 is 0 Å². The minimum atomic E-state index is -0.168. The molecule has 1 aliphatic rings. The summed E-state index contributed by atoms with van der Waals surface area (Å²) in [6.07, 6.45) is 0. The van der Waals surface area contributed by atoms with Crippen molar-refractivity contribution in [1.82, 2.24) is 4.90 Å². The highest BCUT2D eigenvalue weighted by atomic mass is 16.4. The van der Waals surface area contributed by atoms with Gasteiger partial charge in [-0.05, 0) is 19.9 Å². The van der Waals surface area contributed by atoms with Crippen LogP contribution in [0.5, 0.6) is 0 Å². The second-order valence-electron chi connectivity index (χ2n) is 4.44. The highest BCUT2D eigenvalue weighted by molar-refractivity contribution is 6.00. The van der Waals surface area contributed by atoms with E-state index < -0.39 is 0 Å². The lowest BCUT2D eigenvalue weighted by Crippen LogP contribution is -2.52. The van der Waals surface area contributed by atoms with Gasteiger partial charge in [0, 0.05) is 24.7 Å². The molecular formula is C13H16N2O3. The molecule has 1 fully saturated rings. The molecule has 1 aliphatic heterocycles. The van der Waals surface area contributed by atoms with E-state index in [0.29, 0.717) is 24.5 Å². The van der Waals surface area contributed by atoms with Crippen LogP contribution in [0.2, 0.25) is 0 Å². The van der Waals surface area contributed by atoms with Gasteiger partial charge in [-0.2, -0.15) is 0 Å². The average Bonchev–Trinajstić information content (AvgIpc) is 2.74. The number of carbonyl (C=O) groups is 2. The van der Waals surface area contributed by atoms with Crippen molar-refractivity contribution in [3.8, 4) is 0 Å². The summed E-state index contributed by atoms with van der Waals surface area (Å²) in [6.45, 7) is 8.10. The summed E-state index contributed by atoms with van der Waals surface area (Å²) in [5, 5.41) is 0. The van der Waals surface area contributed by atoms with Gasteiger partial charge in [-0.25, -0.2) is 0 Å². The molecule has 0 radical (unpaired) electrons. The van der Waals surface area contributed by atoms with Crippen LogP contribution < -0.4 is 4.90 Å². The number of furan rings is 1. The Labute approximate surface area is 106 Å². The van der Waals surface area contributed by atoms with Crippen molar-refractivity contribution >= 4 is 17.7 Å². The third-order valence-electron chi connectivity index (χ3n) is 2.87. The molecule has 0 spiro atoms. The Morgan fingerprint density at radius 3 is 2.61 bits per heavy atom. The number of amides is 2. The second kappa shape index (κ2) is 4.68. The lowest BCUT2D eigenvalue weighted by Gasteiger charge is -2.32. The predicted molar refractivity (Wildman–Crippen MR) is 67.2 cm³/mol. The van der Waals surface area contributed by atoms with Gasteiger partial charge >= 0.3 is 0 Å². The summed E-state index contributed by atoms with van der Waals surface area (Å²) in [5.74, 6) is 1.00. The first kappa shape index (κ1) is 12.4. The number of anilines is 1. The molecule has 1 aromatic rings. The van der Waals surface area contributed by atoms with E-state index in [9.17, 15) is 9.59 Å². The molecule has 1 saturated heterocycles. The van der Waals surface area contributed by atoms with E-state index in [2.05, 4.69) is 6.58 Å². The zero-order chi connectivity index (χ0) is 13.3. The van der Waals surface area contributed by atoms with Gasteiger partial charge in [0.25, 0.3) is 0 Å². The van der Waals surface area contributed by atoms with Crippen LogP contribution in [-0.4, -0.2) is 36.3 Å². The SMILES string of the molecule is C=C(C)C(=O)N1CCN(c2ccc(C)o2)C(=O)C1. The van der Waals surface area contributed by atoms with Crippen molar-refractivity contribution < 1.29 is 14.0 Å². The fraction of sp³-hybridized carbons (Fsp3) is 0.385. The van der Waals surface area contributed by atoms with Crippen LogP contribution in [-0.2, 0) is 9.59 Å². The summed E-state index contributed by atoms with van der Waals surface area (Å²) in [5.41, 5.74) is 0.449. The molecule has 5 heteroatoms. The van der Waals surface area contributed by atoms with E-state index in [1.54, 1.807) is 17.9 Å². The first-order valence-corrected chi connectivity index (χ1v) is 5.80. The Bertz CT molecular complexity index is 504. The van der Waals surface area contributed by atoms with Crippen molar-refractivity contribution in [3.63, 3.8) is 0 Å². The summed E-state index contributed by atoms with van der Waals surface area (Å²) >= 11 is 0. The Morgan fingerprint density at radius 2 is 2.11 bits per heavy atom. The van der Waals surface area contributed by atoms with Crippen LogP contribution in [0.1, 0.15) is 12.7 Å². The number of hydrogen-bond acceptors (Lipinski definition) is 3. The van der Waals surface area contributed by atoms with Crippen LogP contribution in [0.15, 0.2) is 28.7 Å². The minimum absolute atomic E-state index is 0.0748. The van der Waals surface area contributed by atoms with Gasteiger partial charge in [0.2, 0.25) is 17.7 Å². The second-order valence-corrected chi connectivity index (χ2v) is 4.44. The highest BCUT2D eigenvalue weighted by Crippen LogP contribution is 2.20. The van der Waals surface area contributed by atoms with Crippen LogP contribution in [0.25, 0.3) is 0 Å². The van der Waals surface area contributed by atoms with Gasteiger partial charge in [-0.15, -0.1) is 0 Å². The zero-order valence-corrected chi connectivity index (χ0v) is 10.6. The van der Waals surface area contributed by atoms with E-state index in [0.717, 1.165) is 5.76 Å². The molecule has 2 rings (SSSR count). The lowest BCUT2D eigenvalue weighted by atomic mass is 10.2. The Hall–Kier alpha value is -2.04. The summed E-state index contributed by atoms with van der Waals surface area (Å²) < 4.78 is 5.42. The summed E-state index contributed by atoms with van der Waals surface area (Å²) in [6, 6.07) is 3.58. The molecule has 0 N–H and O–H groups in total. The van der Waals surface area contributed by atoms with Crippen LogP contribution in [0.4, 0.5) is 5.88 Å². The molecular weight excluding hydrogens is 232 g/mol. The molecule has 0 saturated carbocycles. The van der Waals surface area contributed by atoms with Gasteiger partial charge < -0.3 is 9.32 Å². The lowest BCUT2D eigenvalue weighted by molar-refractivity contribution is -0.133. The Kier molecular flexibility index (Phi) is 3.23. The van der Waals surface area contributed by atoms with Crippen molar-refractivity contribution in [1.29, 1.82) is 0 Å². The van der Waals surface area contributed by atoms with Gasteiger partial charge in [-0.3, -0.25) is 14.5 Å². The summed E-state index contributed by atoms with van der Waals surface area (Å²) in [7, 11) is 0. The average molecular weight is 248 g/mol. The molecule has 96 valence electrons. The number of hydrogen-bond donors (Lipinski definition) is 0. The Balaban J connectivity index is 2.07. The fourth-order valence-corrected chi connectivity index (χ4v) is 1.92. The maximum absolute atomic E-state index is 12.0. The molecule has 2 amide bonds. The number of piperazine rings is 1. The van der Waals surface area contributed by atoms with Gasteiger partial charge in [0.1, 0.15) is 12.3 Å². The molecule has 1 aromatic heterocycles. The normalized spacial score (nSPS) is 16.0. The van der Waals surface area contributed by atoms with Crippen LogP contribution >= 0.6 is 0 Å². The molecule has 0 aliphatic carbocycles. The monoisotopic (exact) mass is 248 g/mol. The molecule has 5 nitrogen and oxygen atoms in total. The maximum Gasteiger partial charge on any atom is 0.249 e. The van der Waals surface area contributed by atoms with E-state index in [1.807, 2.05) is 13.0 Å². The Morgan fingerprint density at radius 1 is 1.39 bits per heavy atom. The minimum Gasteiger partial charge on any atom is -0.445 e. The van der Waals surface area contributed by atoms with Crippen molar-refractivity contribution in [2.24, 2.45) is 0 Å². The van der Waals surface area contributed by atoms with Crippen molar-refractivity contribution in [3.05, 3.63) is 30.0 Å². The number of nitrogens with zero attached hydrogens (tertiary/aromatic N) is 2. The number of rotatable bonds is 2. The molecule has 18 heavy (non-hydrogen) atoms. The van der Waals surface area contributed by atoms with Crippen molar-refractivity contribution in [2.75, 3.05) is 24.5 Å². The first-order chi connectivity index (χ1) is 8.49. The number of carbonyl (C=O) groups excluding carboxylic acids is 2.